The van der Waals surface area contributed by atoms with Gasteiger partial charge in [-0.1, -0.05) is 18.2 Å². The molecule has 0 radical (unpaired) electrons. The summed E-state index contributed by atoms with van der Waals surface area (Å²) >= 11 is 0. The number of para-hydroxylation sites is 1. The van der Waals surface area contributed by atoms with Crippen LogP contribution in [0.15, 0.2) is 48.8 Å². The summed E-state index contributed by atoms with van der Waals surface area (Å²) in [4.78, 5) is 23.6. The van der Waals surface area contributed by atoms with Gasteiger partial charge in [0.1, 0.15) is 0 Å². The topological polar surface area (TPSA) is 75.9 Å². The van der Waals surface area contributed by atoms with Gasteiger partial charge in [-0.05, 0) is 44.9 Å². The maximum atomic E-state index is 12.8. The van der Waals surface area contributed by atoms with E-state index in [-0.39, 0.29) is 11.8 Å². The second-order valence-electron chi connectivity index (χ2n) is 7.45. The molecule has 0 saturated carbocycles. The van der Waals surface area contributed by atoms with E-state index >= 15 is 0 Å². The van der Waals surface area contributed by atoms with Crippen LogP contribution in [0.5, 0.6) is 0 Å². The Balaban J connectivity index is 1.42. The minimum atomic E-state index is -0.0580. The van der Waals surface area contributed by atoms with Gasteiger partial charge in [0.15, 0.2) is 0 Å². The Bertz CT molecular complexity index is 970. The Labute approximate surface area is 170 Å². The molecule has 1 N–H and O–H groups in total. The molecule has 29 heavy (non-hydrogen) atoms. The lowest BCUT2D eigenvalue weighted by molar-refractivity contribution is -0.125. The molecule has 1 aliphatic rings. The van der Waals surface area contributed by atoms with E-state index in [9.17, 15) is 4.79 Å². The fourth-order valence-electron chi connectivity index (χ4n) is 3.90. The molecule has 1 saturated heterocycles. The van der Waals surface area contributed by atoms with Crippen LogP contribution in [0.1, 0.15) is 29.8 Å². The normalized spacial score (nSPS) is 16.6. The molecular formula is C22H26N6O. The third-order valence-electron chi connectivity index (χ3n) is 5.51. The highest BCUT2D eigenvalue weighted by Crippen LogP contribution is 2.21. The first-order valence-electron chi connectivity index (χ1n) is 10.0. The van der Waals surface area contributed by atoms with Crippen molar-refractivity contribution < 1.29 is 4.79 Å². The van der Waals surface area contributed by atoms with Crippen LogP contribution in [-0.2, 0) is 11.3 Å². The average molecular weight is 390 g/mol. The third kappa shape index (κ3) is 4.13. The zero-order chi connectivity index (χ0) is 20.2. The number of anilines is 1. The van der Waals surface area contributed by atoms with Gasteiger partial charge < -0.3 is 10.2 Å². The van der Waals surface area contributed by atoms with E-state index in [4.69, 9.17) is 0 Å². The van der Waals surface area contributed by atoms with Crippen molar-refractivity contribution >= 4 is 11.9 Å². The summed E-state index contributed by atoms with van der Waals surface area (Å²) in [6.07, 6.45) is 5.32. The van der Waals surface area contributed by atoms with Gasteiger partial charge in [0.05, 0.1) is 17.3 Å². The molecule has 1 atom stereocenters. The summed E-state index contributed by atoms with van der Waals surface area (Å²) in [5, 5.41) is 7.79. The summed E-state index contributed by atoms with van der Waals surface area (Å²) in [5.41, 5.74) is 4.09. The highest BCUT2D eigenvalue weighted by Gasteiger charge is 2.27. The molecule has 7 heteroatoms. The number of carbonyl (C=O) groups excluding carboxylic acids is 1. The van der Waals surface area contributed by atoms with E-state index in [1.165, 1.54) is 0 Å². The van der Waals surface area contributed by atoms with Crippen LogP contribution in [0.2, 0.25) is 0 Å². The van der Waals surface area contributed by atoms with Gasteiger partial charge in [0, 0.05) is 43.3 Å². The molecule has 150 valence electrons. The number of hydrogen-bond donors (Lipinski definition) is 1. The average Bonchev–Trinajstić information content (AvgIpc) is 3.06. The predicted molar refractivity (Wildman–Crippen MR) is 112 cm³/mol. The Kier molecular flexibility index (Phi) is 5.55. The van der Waals surface area contributed by atoms with Crippen molar-refractivity contribution in [1.82, 2.24) is 25.1 Å². The molecule has 4 rings (SSSR count). The number of aromatic nitrogens is 4. The minimum Gasteiger partial charge on any atom is -0.352 e. The SMILES string of the molecule is Cc1nn(-c2ccccc2)c(C)c1CNC(=O)C1CCCN(c2ncccn2)C1. The van der Waals surface area contributed by atoms with Crippen molar-refractivity contribution in [3.05, 3.63) is 65.7 Å². The predicted octanol–water partition coefficient (Wildman–Crippen LogP) is 2.81. The number of benzene rings is 1. The fourth-order valence-corrected chi connectivity index (χ4v) is 3.90. The van der Waals surface area contributed by atoms with Crippen LogP contribution in [0.3, 0.4) is 0 Å². The Morgan fingerprint density at radius 3 is 2.66 bits per heavy atom. The van der Waals surface area contributed by atoms with Gasteiger partial charge in [-0.25, -0.2) is 14.6 Å². The van der Waals surface area contributed by atoms with Crippen molar-refractivity contribution in [3.63, 3.8) is 0 Å². The number of nitrogens with one attached hydrogen (secondary N) is 1. The van der Waals surface area contributed by atoms with E-state index in [0.29, 0.717) is 19.0 Å². The molecule has 3 aromatic rings. The zero-order valence-corrected chi connectivity index (χ0v) is 16.9. The molecule has 2 aromatic heterocycles. The molecule has 0 spiro atoms. The first kappa shape index (κ1) is 19.1. The molecule has 1 aliphatic heterocycles. The third-order valence-corrected chi connectivity index (χ3v) is 5.51. The number of amides is 1. The van der Waals surface area contributed by atoms with Gasteiger partial charge in [-0.3, -0.25) is 4.79 Å². The van der Waals surface area contributed by atoms with Gasteiger partial charge in [0.2, 0.25) is 11.9 Å². The monoisotopic (exact) mass is 390 g/mol. The van der Waals surface area contributed by atoms with Crippen LogP contribution in [0.25, 0.3) is 5.69 Å². The van der Waals surface area contributed by atoms with E-state index in [2.05, 4.69) is 25.3 Å². The zero-order valence-electron chi connectivity index (χ0n) is 16.9. The Hall–Kier alpha value is -3.22. The first-order chi connectivity index (χ1) is 14.1. The molecule has 3 heterocycles. The number of hydrogen-bond acceptors (Lipinski definition) is 5. The van der Waals surface area contributed by atoms with Crippen molar-refractivity contribution in [3.8, 4) is 5.69 Å². The number of rotatable bonds is 5. The smallest absolute Gasteiger partial charge is 0.225 e. The van der Waals surface area contributed by atoms with E-state index in [1.807, 2.05) is 48.9 Å². The van der Waals surface area contributed by atoms with Crippen LogP contribution in [0.4, 0.5) is 5.95 Å². The summed E-state index contributed by atoms with van der Waals surface area (Å²) in [7, 11) is 0. The van der Waals surface area contributed by atoms with E-state index in [0.717, 1.165) is 42.0 Å². The second-order valence-corrected chi connectivity index (χ2v) is 7.45. The summed E-state index contributed by atoms with van der Waals surface area (Å²) < 4.78 is 1.94. The van der Waals surface area contributed by atoms with Crippen molar-refractivity contribution in [2.45, 2.75) is 33.2 Å². The second kappa shape index (κ2) is 8.43. The number of carbonyl (C=O) groups is 1. The van der Waals surface area contributed by atoms with Gasteiger partial charge in [-0.2, -0.15) is 5.10 Å². The minimum absolute atomic E-state index is 0.0580. The van der Waals surface area contributed by atoms with Crippen LogP contribution in [0, 0.1) is 19.8 Å². The van der Waals surface area contributed by atoms with Gasteiger partial charge in [0.25, 0.3) is 0 Å². The molecule has 0 aliphatic carbocycles. The standard InChI is InChI=1S/C22H26N6O/c1-16-20(17(2)28(26-16)19-9-4-3-5-10-19)14-25-21(29)18-8-6-13-27(15-18)22-23-11-7-12-24-22/h3-5,7,9-12,18H,6,8,13-15H2,1-2H3,(H,25,29). The number of aryl methyl sites for hydroxylation is 1. The highest BCUT2D eigenvalue weighted by atomic mass is 16.1. The molecular weight excluding hydrogens is 364 g/mol. The maximum absolute atomic E-state index is 12.8. The number of piperidine rings is 1. The van der Waals surface area contributed by atoms with Gasteiger partial charge in [-0.15, -0.1) is 0 Å². The molecule has 1 unspecified atom stereocenters. The van der Waals surface area contributed by atoms with Crippen LogP contribution < -0.4 is 10.2 Å². The first-order valence-corrected chi connectivity index (χ1v) is 10.0. The lowest BCUT2D eigenvalue weighted by atomic mass is 9.97. The summed E-state index contributed by atoms with van der Waals surface area (Å²) in [6, 6.07) is 11.9. The van der Waals surface area contributed by atoms with Crippen LogP contribution in [-0.4, -0.2) is 38.7 Å². The van der Waals surface area contributed by atoms with Crippen molar-refractivity contribution in [2.24, 2.45) is 5.92 Å². The van der Waals surface area contributed by atoms with Gasteiger partial charge >= 0.3 is 0 Å². The quantitative estimate of drug-likeness (QED) is 0.725. The lowest BCUT2D eigenvalue weighted by Crippen LogP contribution is -2.43. The molecule has 0 bridgehead atoms. The number of nitrogens with zero attached hydrogens (tertiary/aromatic N) is 5. The fraction of sp³-hybridized carbons (Fsp3) is 0.364. The molecule has 7 nitrogen and oxygen atoms in total. The van der Waals surface area contributed by atoms with E-state index < -0.39 is 0 Å². The largest absolute Gasteiger partial charge is 0.352 e. The highest BCUT2D eigenvalue weighted by molar-refractivity contribution is 5.79. The summed E-state index contributed by atoms with van der Waals surface area (Å²) in [6.45, 7) is 6.06. The van der Waals surface area contributed by atoms with Crippen molar-refractivity contribution in [1.29, 1.82) is 0 Å². The molecule has 1 amide bonds. The lowest BCUT2D eigenvalue weighted by Gasteiger charge is -2.31. The molecule has 1 fully saturated rings. The van der Waals surface area contributed by atoms with Crippen LogP contribution >= 0.6 is 0 Å². The van der Waals surface area contributed by atoms with E-state index in [1.54, 1.807) is 18.5 Å². The maximum Gasteiger partial charge on any atom is 0.225 e. The van der Waals surface area contributed by atoms with Crippen molar-refractivity contribution in [2.75, 3.05) is 18.0 Å². The summed E-state index contributed by atoms with van der Waals surface area (Å²) in [5.74, 6) is 0.718. The Morgan fingerprint density at radius 2 is 1.90 bits per heavy atom. The molecule has 1 aromatic carbocycles. The Morgan fingerprint density at radius 1 is 1.14 bits per heavy atom.